The average molecular weight is 170 g/mol. The SMILES string of the molecule is COC(=O)/C(C)=C/C=N\N(C)C. The van der Waals surface area contributed by atoms with Gasteiger partial charge in [-0.05, 0) is 13.0 Å². The topological polar surface area (TPSA) is 41.9 Å². The second kappa shape index (κ2) is 5.35. The second-order valence-electron chi connectivity index (χ2n) is 2.45. The summed E-state index contributed by atoms with van der Waals surface area (Å²) in [5.74, 6) is -0.333. The number of esters is 1. The van der Waals surface area contributed by atoms with E-state index in [1.165, 1.54) is 7.11 Å². The maximum absolute atomic E-state index is 10.8. The third-order valence-corrected chi connectivity index (χ3v) is 1.13. The van der Waals surface area contributed by atoms with E-state index in [-0.39, 0.29) is 5.97 Å². The van der Waals surface area contributed by atoms with Crippen molar-refractivity contribution in [1.29, 1.82) is 0 Å². The standard InChI is InChI=1S/C8H14N2O2/c1-7(8(11)12-4)5-6-9-10(2)3/h5-6H,1-4H3/b7-5+,9-6-. The molecule has 0 aliphatic carbocycles. The number of ether oxygens (including phenoxy) is 1. The summed E-state index contributed by atoms with van der Waals surface area (Å²) in [6, 6.07) is 0. The van der Waals surface area contributed by atoms with Gasteiger partial charge in [-0.2, -0.15) is 5.10 Å². The van der Waals surface area contributed by atoms with E-state index in [9.17, 15) is 4.79 Å². The van der Waals surface area contributed by atoms with Crippen molar-refractivity contribution >= 4 is 12.2 Å². The zero-order valence-corrected chi connectivity index (χ0v) is 7.87. The van der Waals surface area contributed by atoms with E-state index in [2.05, 4.69) is 9.84 Å². The molecule has 4 heteroatoms. The summed E-state index contributed by atoms with van der Waals surface area (Å²) in [6.45, 7) is 1.67. The summed E-state index contributed by atoms with van der Waals surface area (Å²) >= 11 is 0. The number of allylic oxidation sites excluding steroid dienone is 1. The van der Waals surface area contributed by atoms with Crippen LogP contribution in [0.1, 0.15) is 6.92 Å². The summed E-state index contributed by atoms with van der Waals surface area (Å²) in [5, 5.41) is 5.55. The van der Waals surface area contributed by atoms with Crippen LogP contribution in [-0.4, -0.2) is 38.4 Å². The summed E-state index contributed by atoms with van der Waals surface area (Å²) in [4.78, 5) is 10.8. The minimum atomic E-state index is -0.333. The largest absolute Gasteiger partial charge is 0.466 e. The minimum Gasteiger partial charge on any atom is -0.466 e. The Morgan fingerprint density at radius 2 is 2.08 bits per heavy atom. The number of methoxy groups -OCH3 is 1. The normalized spacial score (nSPS) is 11.8. The summed E-state index contributed by atoms with van der Waals surface area (Å²) in [6.07, 6.45) is 3.15. The molecule has 68 valence electrons. The summed E-state index contributed by atoms with van der Waals surface area (Å²) in [5.41, 5.74) is 0.531. The van der Waals surface area contributed by atoms with Crippen molar-refractivity contribution in [1.82, 2.24) is 5.01 Å². The molecule has 0 saturated carbocycles. The Balaban J connectivity index is 4.09. The average Bonchev–Trinajstić information content (AvgIpc) is 2.02. The maximum Gasteiger partial charge on any atom is 0.333 e. The highest BCUT2D eigenvalue weighted by Crippen LogP contribution is 1.92. The third kappa shape index (κ3) is 4.49. The Bertz CT molecular complexity index is 207. The first-order valence-corrected chi connectivity index (χ1v) is 3.54. The van der Waals surface area contributed by atoms with Crippen LogP contribution in [0.25, 0.3) is 0 Å². The molecule has 0 rings (SSSR count). The van der Waals surface area contributed by atoms with Crippen LogP contribution in [0.3, 0.4) is 0 Å². The smallest absolute Gasteiger partial charge is 0.333 e. The molecule has 0 aromatic heterocycles. The number of hydrazone groups is 1. The van der Waals surface area contributed by atoms with Gasteiger partial charge in [0.05, 0.1) is 7.11 Å². The van der Waals surface area contributed by atoms with Crippen molar-refractivity contribution in [3.8, 4) is 0 Å². The van der Waals surface area contributed by atoms with Crippen molar-refractivity contribution < 1.29 is 9.53 Å². The summed E-state index contributed by atoms with van der Waals surface area (Å²) in [7, 11) is 4.96. The van der Waals surface area contributed by atoms with Gasteiger partial charge in [0.1, 0.15) is 0 Å². The molecular formula is C8H14N2O2. The van der Waals surface area contributed by atoms with E-state index in [0.29, 0.717) is 5.57 Å². The molecule has 0 atom stereocenters. The predicted molar refractivity (Wildman–Crippen MR) is 48.0 cm³/mol. The molecule has 12 heavy (non-hydrogen) atoms. The van der Waals surface area contributed by atoms with E-state index in [0.717, 1.165) is 0 Å². The van der Waals surface area contributed by atoms with Crippen molar-refractivity contribution in [2.75, 3.05) is 21.2 Å². The number of rotatable bonds is 3. The fraction of sp³-hybridized carbons (Fsp3) is 0.500. The zero-order chi connectivity index (χ0) is 9.56. The lowest BCUT2D eigenvalue weighted by Crippen LogP contribution is -2.03. The number of carbonyl (C=O) groups excluding carboxylic acids is 1. The molecule has 0 aromatic rings. The molecule has 0 aliphatic heterocycles. The lowest BCUT2D eigenvalue weighted by atomic mass is 10.3. The highest BCUT2D eigenvalue weighted by molar-refractivity contribution is 5.92. The van der Waals surface area contributed by atoms with Crippen LogP contribution >= 0.6 is 0 Å². The van der Waals surface area contributed by atoms with Gasteiger partial charge in [0.15, 0.2) is 0 Å². The van der Waals surface area contributed by atoms with E-state index < -0.39 is 0 Å². The Kier molecular flexibility index (Phi) is 4.76. The lowest BCUT2D eigenvalue weighted by Gasteiger charge is -2.00. The van der Waals surface area contributed by atoms with Crippen LogP contribution in [0.4, 0.5) is 0 Å². The highest BCUT2D eigenvalue weighted by atomic mass is 16.5. The molecule has 0 aromatic carbocycles. The van der Waals surface area contributed by atoms with E-state index in [1.54, 1.807) is 38.3 Å². The first-order valence-electron chi connectivity index (χ1n) is 3.54. The fourth-order valence-electron chi connectivity index (χ4n) is 0.507. The molecule has 0 unspecified atom stereocenters. The van der Waals surface area contributed by atoms with Crippen LogP contribution in [0.15, 0.2) is 16.8 Å². The minimum absolute atomic E-state index is 0.333. The number of nitrogens with zero attached hydrogens (tertiary/aromatic N) is 2. The Labute approximate surface area is 72.5 Å². The predicted octanol–water partition coefficient (Wildman–Crippen LogP) is 0.653. The fourth-order valence-corrected chi connectivity index (χ4v) is 0.507. The third-order valence-electron chi connectivity index (χ3n) is 1.13. The first kappa shape index (κ1) is 10.7. The molecule has 0 aliphatic rings. The van der Waals surface area contributed by atoms with Crippen molar-refractivity contribution in [2.45, 2.75) is 6.92 Å². The summed E-state index contributed by atoms with van der Waals surface area (Å²) < 4.78 is 4.49. The highest BCUT2D eigenvalue weighted by Gasteiger charge is 1.99. The monoisotopic (exact) mass is 170 g/mol. The molecule has 0 spiro atoms. The first-order chi connectivity index (χ1) is 5.57. The molecule has 0 radical (unpaired) electrons. The van der Waals surface area contributed by atoms with Crippen LogP contribution in [0.2, 0.25) is 0 Å². The maximum atomic E-state index is 10.8. The van der Waals surface area contributed by atoms with Gasteiger partial charge in [0.2, 0.25) is 0 Å². The van der Waals surface area contributed by atoms with Gasteiger partial charge in [-0.15, -0.1) is 0 Å². The molecule has 0 bridgehead atoms. The number of carbonyl (C=O) groups is 1. The van der Waals surface area contributed by atoms with Gasteiger partial charge in [0.25, 0.3) is 0 Å². The van der Waals surface area contributed by atoms with Gasteiger partial charge in [-0.1, -0.05) is 0 Å². The quantitative estimate of drug-likeness (QED) is 0.270. The van der Waals surface area contributed by atoms with Crippen LogP contribution in [0, 0.1) is 0 Å². The Morgan fingerprint density at radius 3 is 2.50 bits per heavy atom. The molecule has 0 N–H and O–H groups in total. The molecule has 0 heterocycles. The second-order valence-corrected chi connectivity index (χ2v) is 2.45. The van der Waals surface area contributed by atoms with Crippen LogP contribution in [0.5, 0.6) is 0 Å². The van der Waals surface area contributed by atoms with Gasteiger partial charge in [-0.3, -0.25) is 0 Å². The molecule has 0 amide bonds. The van der Waals surface area contributed by atoms with Crippen LogP contribution < -0.4 is 0 Å². The van der Waals surface area contributed by atoms with Crippen molar-refractivity contribution in [2.24, 2.45) is 5.10 Å². The molecule has 4 nitrogen and oxygen atoms in total. The van der Waals surface area contributed by atoms with Crippen molar-refractivity contribution in [3.05, 3.63) is 11.6 Å². The number of hydrogen-bond donors (Lipinski definition) is 0. The molecule has 0 fully saturated rings. The van der Waals surface area contributed by atoms with Crippen LogP contribution in [-0.2, 0) is 9.53 Å². The Hall–Kier alpha value is -1.32. The molecule has 0 saturated heterocycles. The van der Waals surface area contributed by atoms with Gasteiger partial charge in [-0.25, -0.2) is 4.79 Å². The van der Waals surface area contributed by atoms with Gasteiger partial charge >= 0.3 is 5.97 Å². The van der Waals surface area contributed by atoms with Gasteiger partial charge in [0, 0.05) is 25.9 Å². The van der Waals surface area contributed by atoms with E-state index in [4.69, 9.17) is 0 Å². The lowest BCUT2D eigenvalue weighted by molar-refractivity contribution is -0.136. The van der Waals surface area contributed by atoms with E-state index >= 15 is 0 Å². The molecular weight excluding hydrogens is 156 g/mol. The van der Waals surface area contributed by atoms with E-state index in [1.807, 2.05) is 0 Å². The van der Waals surface area contributed by atoms with Gasteiger partial charge < -0.3 is 9.75 Å². The number of hydrogen-bond acceptors (Lipinski definition) is 4. The zero-order valence-electron chi connectivity index (χ0n) is 7.87. The Morgan fingerprint density at radius 1 is 1.50 bits per heavy atom. The van der Waals surface area contributed by atoms with Crippen molar-refractivity contribution in [3.63, 3.8) is 0 Å².